The molecule has 20 heavy (non-hydrogen) atoms. The van der Waals surface area contributed by atoms with Crippen LogP contribution in [0.15, 0.2) is 24.3 Å². The van der Waals surface area contributed by atoms with Gasteiger partial charge >= 0.3 is 0 Å². The lowest BCUT2D eigenvalue weighted by molar-refractivity contribution is -0.136. The van der Waals surface area contributed by atoms with Crippen LogP contribution in [0.5, 0.6) is 0 Å². The van der Waals surface area contributed by atoms with E-state index in [9.17, 15) is 9.59 Å². The monoisotopic (exact) mass is 273 g/mol. The summed E-state index contributed by atoms with van der Waals surface area (Å²) in [5.74, 6) is -0.104. The molecule has 2 aliphatic heterocycles. The van der Waals surface area contributed by atoms with Crippen molar-refractivity contribution >= 4 is 17.5 Å². The van der Waals surface area contributed by atoms with E-state index in [-0.39, 0.29) is 24.3 Å². The zero-order valence-corrected chi connectivity index (χ0v) is 11.4. The number of nitrogens with one attached hydrogen (secondary N) is 2. The van der Waals surface area contributed by atoms with E-state index in [1.54, 1.807) is 4.90 Å². The maximum atomic E-state index is 12.7. The molecule has 2 aliphatic rings. The van der Waals surface area contributed by atoms with Crippen molar-refractivity contribution in [3.8, 4) is 0 Å². The molecule has 1 saturated heterocycles. The fourth-order valence-electron chi connectivity index (χ4n) is 2.94. The average molecular weight is 273 g/mol. The lowest BCUT2D eigenvalue weighted by Gasteiger charge is -2.30. The fraction of sp³-hybridized carbons (Fsp3) is 0.467. The molecule has 5 heteroatoms. The van der Waals surface area contributed by atoms with Crippen molar-refractivity contribution in [1.29, 1.82) is 0 Å². The summed E-state index contributed by atoms with van der Waals surface area (Å²) in [7, 11) is 0. The van der Waals surface area contributed by atoms with Crippen LogP contribution >= 0.6 is 0 Å². The Morgan fingerprint density at radius 3 is 2.95 bits per heavy atom. The quantitative estimate of drug-likeness (QED) is 0.800. The van der Waals surface area contributed by atoms with Crippen LogP contribution in [0, 0.1) is 0 Å². The maximum absolute atomic E-state index is 12.7. The third kappa shape index (κ3) is 2.48. The number of amides is 2. The van der Waals surface area contributed by atoms with Gasteiger partial charge in [-0.1, -0.05) is 18.2 Å². The summed E-state index contributed by atoms with van der Waals surface area (Å²) in [6, 6.07) is 7.94. The minimum atomic E-state index is -0.127. The SMILES string of the molecule is O=C1CN(C(=O)C2CCNc3ccccc32)CCCN1. The minimum Gasteiger partial charge on any atom is -0.385 e. The number of carbonyl (C=O) groups is 2. The average Bonchev–Trinajstić information content (AvgIpc) is 2.70. The first-order valence-electron chi connectivity index (χ1n) is 7.14. The summed E-state index contributed by atoms with van der Waals surface area (Å²) in [6.45, 7) is 2.30. The fourth-order valence-corrected chi connectivity index (χ4v) is 2.94. The molecule has 3 rings (SSSR count). The summed E-state index contributed by atoms with van der Waals surface area (Å²) in [4.78, 5) is 26.0. The van der Waals surface area contributed by atoms with Gasteiger partial charge in [0.15, 0.2) is 0 Å². The summed E-state index contributed by atoms with van der Waals surface area (Å²) < 4.78 is 0. The number of rotatable bonds is 1. The highest BCUT2D eigenvalue weighted by molar-refractivity contribution is 5.90. The van der Waals surface area contributed by atoms with Crippen molar-refractivity contribution in [2.75, 3.05) is 31.5 Å². The first kappa shape index (κ1) is 13.0. The molecule has 0 bridgehead atoms. The van der Waals surface area contributed by atoms with Crippen LogP contribution in [0.4, 0.5) is 5.69 Å². The Hall–Kier alpha value is -2.04. The van der Waals surface area contributed by atoms with Gasteiger partial charge in [0, 0.05) is 25.3 Å². The molecular weight excluding hydrogens is 254 g/mol. The number of benzene rings is 1. The number of anilines is 1. The Morgan fingerprint density at radius 1 is 1.20 bits per heavy atom. The van der Waals surface area contributed by atoms with Gasteiger partial charge < -0.3 is 15.5 Å². The molecule has 2 N–H and O–H groups in total. The smallest absolute Gasteiger partial charge is 0.239 e. The van der Waals surface area contributed by atoms with E-state index in [1.807, 2.05) is 24.3 Å². The van der Waals surface area contributed by atoms with E-state index in [0.29, 0.717) is 13.1 Å². The second-order valence-electron chi connectivity index (χ2n) is 5.32. The third-order valence-electron chi connectivity index (χ3n) is 3.96. The summed E-state index contributed by atoms with van der Waals surface area (Å²) in [6.07, 6.45) is 1.61. The van der Waals surface area contributed by atoms with Crippen molar-refractivity contribution in [2.24, 2.45) is 0 Å². The largest absolute Gasteiger partial charge is 0.385 e. The lowest BCUT2D eigenvalue weighted by atomic mass is 9.89. The van der Waals surface area contributed by atoms with Crippen LogP contribution in [0.1, 0.15) is 24.3 Å². The molecular formula is C15H19N3O2. The van der Waals surface area contributed by atoms with E-state index in [0.717, 1.165) is 30.6 Å². The molecule has 1 atom stereocenters. The highest BCUT2D eigenvalue weighted by Crippen LogP contribution is 2.32. The molecule has 1 fully saturated rings. The zero-order valence-electron chi connectivity index (χ0n) is 11.4. The van der Waals surface area contributed by atoms with Gasteiger partial charge in [0.05, 0.1) is 12.5 Å². The van der Waals surface area contributed by atoms with Crippen LogP contribution in [-0.4, -0.2) is 42.9 Å². The highest BCUT2D eigenvalue weighted by Gasteiger charge is 2.31. The first-order chi connectivity index (χ1) is 9.75. The molecule has 106 valence electrons. The molecule has 1 aromatic rings. The molecule has 1 unspecified atom stereocenters. The molecule has 2 amide bonds. The van der Waals surface area contributed by atoms with Gasteiger partial charge in [0.1, 0.15) is 0 Å². The molecule has 0 aromatic heterocycles. The Bertz CT molecular complexity index is 530. The van der Waals surface area contributed by atoms with Crippen molar-refractivity contribution in [1.82, 2.24) is 10.2 Å². The molecule has 0 saturated carbocycles. The molecule has 0 spiro atoms. The molecule has 2 heterocycles. The van der Waals surface area contributed by atoms with Crippen LogP contribution in [0.3, 0.4) is 0 Å². The standard InChI is InChI=1S/C15H19N3O2/c19-14-10-18(9-3-7-17-14)15(20)12-6-8-16-13-5-2-1-4-11(12)13/h1-2,4-5,12,16H,3,6-10H2,(H,17,19). The Balaban J connectivity index is 1.82. The van der Waals surface area contributed by atoms with Crippen molar-refractivity contribution in [3.05, 3.63) is 29.8 Å². The van der Waals surface area contributed by atoms with E-state index in [2.05, 4.69) is 10.6 Å². The van der Waals surface area contributed by atoms with Crippen LogP contribution < -0.4 is 10.6 Å². The van der Waals surface area contributed by atoms with Crippen LogP contribution in [0.2, 0.25) is 0 Å². The van der Waals surface area contributed by atoms with E-state index in [1.165, 1.54) is 0 Å². The van der Waals surface area contributed by atoms with Crippen LogP contribution in [-0.2, 0) is 9.59 Å². The lowest BCUT2D eigenvalue weighted by Crippen LogP contribution is -2.41. The van der Waals surface area contributed by atoms with Gasteiger partial charge in [-0.05, 0) is 24.5 Å². The van der Waals surface area contributed by atoms with E-state index < -0.39 is 0 Å². The summed E-state index contributed by atoms with van der Waals surface area (Å²) >= 11 is 0. The summed E-state index contributed by atoms with van der Waals surface area (Å²) in [5.41, 5.74) is 2.09. The Labute approximate surface area is 118 Å². The second kappa shape index (κ2) is 5.53. The maximum Gasteiger partial charge on any atom is 0.239 e. The van der Waals surface area contributed by atoms with Gasteiger partial charge in [0.25, 0.3) is 0 Å². The first-order valence-corrected chi connectivity index (χ1v) is 7.14. The van der Waals surface area contributed by atoms with Crippen molar-refractivity contribution in [3.63, 3.8) is 0 Å². The predicted molar refractivity (Wildman–Crippen MR) is 76.5 cm³/mol. The summed E-state index contributed by atoms with van der Waals surface area (Å²) in [5, 5.41) is 6.13. The topological polar surface area (TPSA) is 61.4 Å². The Morgan fingerprint density at radius 2 is 2.05 bits per heavy atom. The van der Waals surface area contributed by atoms with Crippen LogP contribution in [0.25, 0.3) is 0 Å². The highest BCUT2D eigenvalue weighted by atomic mass is 16.2. The Kier molecular flexibility index (Phi) is 3.58. The van der Waals surface area contributed by atoms with Gasteiger partial charge in [-0.25, -0.2) is 0 Å². The number of fused-ring (bicyclic) bond motifs is 1. The molecule has 1 aromatic carbocycles. The van der Waals surface area contributed by atoms with E-state index in [4.69, 9.17) is 0 Å². The number of para-hydroxylation sites is 1. The number of hydrogen-bond acceptors (Lipinski definition) is 3. The van der Waals surface area contributed by atoms with Crippen molar-refractivity contribution < 1.29 is 9.59 Å². The van der Waals surface area contributed by atoms with Gasteiger partial charge in [0.2, 0.25) is 11.8 Å². The van der Waals surface area contributed by atoms with Crippen molar-refractivity contribution in [2.45, 2.75) is 18.8 Å². The third-order valence-corrected chi connectivity index (χ3v) is 3.96. The molecule has 0 aliphatic carbocycles. The molecule has 0 radical (unpaired) electrons. The van der Waals surface area contributed by atoms with E-state index >= 15 is 0 Å². The molecule has 5 nitrogen and oxygen atoms in total. The van der Waals surface area contributed by atoms with Gasteiger partial charge in [-0.15, -0.1) is 0 Å². The second-order valence-corrected chi connectivity index (χ2v) is 5.32. The zero-order chi connectivity index (χ0) is 13.9. The minimum absolute atomic E-state index is 0.0573. The van der Waals surface area contributed by atoms with Gasteiger partial charge in [-0.3, -0.25) is 9.59 Å². The number of carbonyl (C=O) groups excluding carboxylic acids is 2. The normalized spacial score (nSPS) is 22.3. The number of nitrogens with zero attached hydrogens (tertiary/aromatic N) is 1. The number of hydrogen-bond donors (Lipinski definition) is 2. The van der Waals surface area contributed by atoms with Gasteiger partial charge in [-0.2, -0.15) is 0 Å². The predicted octanol–water partition coefficient (Wildman–Crippen LogP) is 0.934.